The molecular formula is C16H24O3. The van der Waals surface area contributed by atoms with Crippen LogP contribution in [0.3, 0.4) is 0 Å². The summed E-state index contributed by atoms with van der Waals surface area (Å²) in [5.74, 6) is -0.582. The zero-order valence-corrected chi connectivity index (χ0v) is 12.4. The molecule has 0 fully saturated rings. The van der Waals surface area contributed by atoms with Gasteiger partial charge in [0.1, 0.15) is 5.60 Å². The lowest BCUT2D eigenvalue weighted by atomic mass is 10.0. The molecule has 1 aromatic rings. The molecule has 1 aliphatic rings. The van der Waals surface area contributed by atoms with Crippen LogP contribution in [-0.4, -0.2) is 16.7 Å². The Hall–Kier alpha value is -1.35. The maximum Gasteiger partial charge on any atom is 0.314 e. The Morgan fingerprint density at radius 3 is 2.26 bits per heavy atom. The number of aliphatic hydroxyl groups excluding tert-OH is 1. The fourth-order valence-corrected chi connectivity index (χ4v) is 2.20. The number of ether oxygens (including phenoxy) is 1. The van der Waals surface area contributed by atoms with Gasteiger partial charge in [0, 0.05) is 0 Å². The van der Waals surface area contributed by atoms with Crippen LogP contribution in [0.1, 0.15) is 64.2 Å². The number of hydrogen-bond acceptors (Lipinski definition) is 3. The lowest BCUT2D eigenvalue weighted by Gasteiger charge is -2.22. The van der Waals surface area contributed by atoms with E-state index in [2.05, 4.69) is 0 Å². The molecule has 0 saturated heterocycles. The molecule has 0 radical (unpaired) electrons. The zero-order valence-electron chi connectivity index (χ0n) is 12.4. The monoisotopic (exact) mass is 264 g/mol. The summed E-state index contributed by atoms with van der Waals surface area (Å²) in [6.07, 6.45) is -0.127. The number of esters is 1. The van der Waals surface area contributed by atoms with E-state index in [9.17, 15) is 9.90 Å². The average Bonchev–Trinajstić information content (AvgIpc) is 2.68. The van der Waals surface area contributed by atoms with Crippen LogP contribution in [0, 0.1) is 0 Å². The van der Waals surface area contributed by atoms with Crippen molar-refractivity contribution in [2.24, 2.45) is 0 Å². The summed E-state index contributed by atoms with van der Waals surface area (Å²) >= 11 is 0. The lowest BCUT2D eigenvalue weighted by Crippen LogP contribution is -2.27. The van der Waals surface area contributed by atoms with Crippen molar-refractivity contribution in [1.29, 1.82) is 0 Å². The Balaban J connectivity index is 0.000000861. The summed E-state index contributed by atoms with van der Waals surface area (Å²) in [4.78, 5) is 12.0. The van der Waals surface area contributed by atoms with Crippen molar-refractivity contribution in [2.75, 3.05) is 0 Å². The number of carbonyl (C=O) groups excluding carboxylic acids is 1. The molecule has 1 N–H and O–H groups in total. The summed E-state index contributed by atoms with van der Waals surface area (Å²) in [7, 11) is 0. The molecular weight excluding hydrogens is 240 g/mol. The normalized spacial score (nSPS) is 21.2. The topological polar surface area (TPSA) is 46.5 Å². The highest BCUT2D eigenvalue weighted by Gasteiger charge is 2.36. The quantitative estimate of drug-likeness (QED) is 0.789. The van der Waals surface area contributed by atoms with E-state index in [4.69, 9.17) is 4.74 Å². The van der Waals surface area contributed by atoms with Crippen molar-refractivity contribution in [1.82, 2.24) is 0 Å². The minimum atomic E-state index is -0.552. The van der Waals surface area contributed by atoms with E-state index < -0.39 is 11.7 Å². The van der Waals surface area contributed by atoms with Gasteiger partial charge in [-0.25, -0.2) is 0 Å². The smallest absolute Gasteiger partial charge is 0.314 e. The Labute approximate surface area is 115 Å². The Kier molecular flexibility index (Phi) is 5.12. The summed E-state index contributed by atoms with van der Waals surface area (Å²) in [5, 5.41) is 9.89. The first-order valence-electron chi connectivity index (χ1n) is 6.88. The summed E-state index contributed by atoms with van der Waals surface area (Å²) in [5.41, 5.74) is 1.26. The second kappa shape index (κ2) is 6.20. The Bertz CT molecular complexity index is 432. The van der Waals surface area contributed by atoms with Crippen LogP contribution < -0.4 is 0 Å². The van der Waals surface area contributed by atoms with Crippen molar-refractivity contribution in [3.8, 4) is 0 Å². The van der Waals surface area contributed by atoms with Crippen molar-refractivity contribution in [2.45, 2.75) is 58.7 Å². The fourth-order valence-electron chi connectivity index (χ4n) is 2.20. The van der Waals surface area contributed by atoms with Crippen LogP contribution in [0.4, 0.5) is 0 Å². The van der Waals surface area contributed by atoms with E-state index in [1.165, 1.54) is 0 Å². The highest BCUT2D eigenvalue weighted by atomic mass is 16.6. The zero-order chi connectivity index (χ0) is 14.6. The van der Waals surface area contributed by atoms with E-state index in [0.717, 1.165) is 11.1 Å². The van der Waals surface area contributed by atoms with Gasteiger partial charge in [0.25, 0.3) is 0 Å². The second-order valence-corrected chi connectivity index (χ2v) is 5.47. The third-order valence-electron chi connectivity index (χ3n) is 2.88. The third kappa shape index (κ3) is 3.80. The number of hydrogen-bond donors (Lipinski definition) is 1. The second-order valence-electron chi connectivity index (χ2n) is 5.47. The first-order chi connectivity index (χ1) is 8.88. The van der Waals surface area contributed by atoms with Crippen molar-refractivity contribution in [3.05, 3.63) is 35.4 Å². The standard InChI is InChI=1S/C14H18O3.C2H6/c1-14(2,3)17-13(16)11-8-12(15)10-7-5-4-6-9(10)11;1-2/h4-7,11-12,15H,8H2,1-3H3;1-2H3. The molecule has 106 valence electrons. The predicted molar refractivity (Wildman–Crippen MR) is 76.0 cm³/mol. The van der Waals surface area contributed by atoms with Crippen molar-refractivity contribution < 1.29 is 14.6 Å². The molecule has 1 aromatic carbocycles. The van der Waals surface area contributed by atoms with Gasteiger partial charge in [0.2, 0.25) is 0 Å². The molecule has 0 amide bonds. The fraction of sp³-hybridized carbons (Fsp3) is 0.562. The molecule has 0 spiro atoms. The SMILES string of the molecule is CC.CC(C)(C)OC(=O)C1CC(O)c2ccccc21. The first-order valence-corrected chi connectivity index (χ1v) is 6.88. The van der Waals surface area contributed by atoms with Gasteiger partial charge in [-0.1, -0.05) is 38.1 Å². The molecule has 0 aromatic heterocycles. The number of rotatable bonds is 1. The minimum Gasteiger partial charge on any atom is -0.459 e. The van der Waals surface area contributed by atoms with Gasteiger partial charge < -0.3 is 9.84 Å². The molecule has 2 unspecified atom stereocenters. The first kappa shape index (κ1) is 15.7. The van der Waals surface area contributed by atoms with Gasteiger partial charge in [-0.3, -0.25) is 4.79 Å². The Morgan fingerprint density at radius 2 is 1.74 bits per heavy atom. The van der Waals surface area contributed by atoms with Crippen LogP contribution in [0.25, 0.3) is 0 Å². The molecule has 0 heterocycles. The summed E-state index contributed by atoms with van der Waals surface area (Å²) in [6.45, 7) is 9.55. The third-order valence-corrected chi connectivity index (χ3v) is 2.88. The van der Waals surface area contributed by atoms with Crippen molar-refractivity contribution in [3.63, 3.8) is 0 Å². The molecule has 19 heavy (non-hydrogen) atoms. The molecule has 3 heteroatoms. The van der Waals surface area contributed by atoms with E-state index in [0.29, 0.717) is 6.42 Å². The predicted octanol–water partition coefficient (Wildman–Crippen LogP) is 3.58. The minimum absolute atomic E-state index is 0.249. The summed E-state index contributed by atoms with van der Waals surface area (Å²) < 4.78 is 5.38. The van der Waals surface area contributed by atoms with Crippen LogP contribution >= 0.6 is 0 Å². The lowest BCUT2D eigenvalue weighted by molar-refractivity contribution is -0.157. The van der Waals surface area contributed by atoms with E-state index >= 15 is 0 Å². The number of fused-ring (bicyclic) bond motifs is 1. The molecule has 0 bridgehead atoms. The van der Waals surface area contributed by atoms with Gasteiger partial charge in [0.05, 0.1) is 12.0 Å². The molecule has 2 atom stereocenters. The largest absolute Gasteiger partial charge is 0.459 e. The van der Waals surface area contributed by atoms with Gasteiger partial charge >= 0.3 is 5.97 Å². The molecule has 1 aliphatic carbocycles. The van der Waals surface area contributed by atoms with Crippen LogP contribution in [0.15, 0.2) is 24.3 Å². The number of carbonyl (C=O) groups is 1. The van der Waals surface area contributed by atoms with Gasteiger partial charge in [-0.2, -0.15) is 0 Å². The van der Waals surface area contributed by atoms with Crippen LogP contribution in [0.2, 0.25) is 0 Å². The molecule has 2 rings (SSSR count). The van der Waals surface area contributed by atoms with Gasteiger partial charge in [-0.05, 0) is 38.3 Å². The number of benzene rings is 1. The Morgan fingerprint density at radius 1 is 1.21 bits per heavy atom. The van der Waals surface area contributed by atoms with E-state index in [1.54, 1.807) is 0 Å². The van der Waals surface area contributed by atoms with Crippen LogP contribution in [-0.2, 0) is 9.53 Å². The molecule has 3 nitrogen and oxygen atoms in total. The van der Waals surface area contributed by atoms with Crippen molar-refractivity contribution >= 4 is 5.97 Å². The van der Waals surface area contributed by atoms with Crippen LogP contribution in [0.5, 0.6) is 0 Å². The molecule has 0 saturated carbocycles. The highest BCUT2D eigenvalue weighted by Crippen LogP contribution is 2.41. The maximum atomic E-state index is 12.0. The highest BCUT2D eigenvalue weighted by molar-refractivity contribution is 5.80. The van der Waals surface area contributed by atoms with Gasteiger partial charge in [-0.15, -0.1) is 0 Å². The van der Waals surface area contributed by atoms with Gasteiger partial charge in [0.15, 0.2) is 0 Å². The summed E-state index contributed by atoms with van der Waals surface area (Å²) in [6, 6.07) is 7.51. The average molecular weight is 264 g/mol. The number of aliphatic hydroxyl groups is 1. The van der Waals surface area contributed by atoms with E-state index in [-0.39, 0.29) is 11.9 Å². The maximum absolute atomic E-state index is 12.0. The molecule has 0 aliphatic heterocycles. The van der Waals surface area contributed by atoms with E-state index in [1.807, 2.05) is 58.9 Å².